The van der Waals surface area contributed by atoms with Gasteiger partial charge in [-0.05, 0) is 24.6 Å². The van der Waals surface area contributed by atoms with Gasteiger partial charge in [0.25, 0.3) is 0 Å². The van der Waals surface area contributed by atoms with E-state index in [-0.39, 0.29) is 0 Å². The number of imidazole rings is 1. The normalized spacial score (nSPS) is 11.0. The predicted octanol–water partition coefficient (Wildman–Crippen LogP) is 2.67. The molecule has 2 heterocycles. The summed E-state index contributed by atoms with van der Waals surface area (Å²) in [6.45, 7) is 2.01. The Kier molecular flexibility index (Phi) is 2.52. The van der Waals surface area contributed by atoms with Gasteiger partial charge in [-0.3, -0.25) is 0 Å². The molecule has 18 heavy (non-hydrogen) atoms. The maximum absolute atomic E-state index is 5.80. The van der Waals surface area contributed by atoms with Gasteiger partial charge in [-0.1, -0.05) is 15.9 Å². The molecule has 0 unspecified atom stereocenters. The monoisotopic (exact) mass is 303 g/mol. The second kappa shape index (κ2) is 4.06. The molecule has 6 heteroatoms. The van der Waals surface area contributed by atoms with Crippen LogP contribution in [-0.4, -0.2) is 19.9 Å². The summed E-state index contributed by atoms with van der Waals surface area (Å²) in [7, 11) is 0. The highest BCUT2D eigenvalue weighted by Gasteiger charge is 2.11. The van der Waals surface area contributed by atoms with Crippen molar-refractivity contribution in [2.45, 2.75) is 6.92 Å². The van der Waals surface area contributed by atoms with Gasteiger partial charge in [0.05, 0.1) is 11.0 Å². The minimum absolute atomic E-state index is 0.369. The fourth-order valence-corrected chi connectivity index (χ4v) is 2.46. The highest BCUT2D eigenvalue weighted by atomic mass is 79.9. The van der Waals surface area contributed by atoms with Crippen LogP contribution in [0.15, 0.2) is 29.0 Å². The summed E-state index contributed by atoms with van der Waals surface area (Å²) in [5, 5.41) is 0. The molecular formula is C12H10BrN5. The summed E-state index contributed by atoms with van der Waals surface area (Å²) in [5.74, 6) is 1.00. The topological polar surface area (TPSA) is 80.5 Å². The molecule has 3 N–H and O–H groups in total. The van der Waals surface area contributed by atoms with Crippen LogP contribution < -0.4 is 5.73 Å². The molecule has 0 spiro atoms. The van der Waals surface area contributed by atoms with Crippen LogP contribution in [0.4, 0.5) is 5.82 Å². The number of benzene rings is 1. The summed E-state index contributed by atoms with van der Waals surface area (Å²) in [4.78, 5) is 16.0. The van der Waals surface area contributed by atoms with E-state index in [4.69, 9.17) is 5.73 Å². The second-order valence-electron chi connectivity index (χ2n) is 3.99. The zero-order chi connectivity index (χ0) is 12.7. The number of aryl methyl sites for hydroxylation is 1. The molecule has 5 nitrogen and oxygen atoms in total. The molecule has 0 amide bonds. The SMILES string of the molecule is Cc1cc(Br)cc2[nH]c(-c3nccnc3N)nc12. The van der Waals surface area contributed by atoms with Gasteiger partial charge < -0.3 is 10.7 Å². The first-order chi connectivity index (χ1) is 8.65. The summed E-state index contributed by atoms with van der Waals surface area (Å²) in [5.41, 5.74) is 9.32. The first-order valence-corrected chi connectivity index (χ1v) is 6.17. The summed E-state index contributed by atoms with van der Waals surface area (Å²) >= 11 is 3.46. The lowest BCUT2D eigenvalue weighted by Gasteiger charge is -1.97. The van der Waals surface area contributed by atoms with Gasteiger partial charge in [0.2, 0.25) is 0 Å². The van der Waals surface area contributed by atoms with Crippen LogP contribution in [0.25, 0.3) is 22.6 Å². The minimum Gasteiger partial charge on any atom is -0.382 e. The number of aromatic amines is 1. The van der Waals surface area contributed by atoms with Crippen molar-refractivity contribution in [3.63, 3.8) is 0 Å². The van der Waals surface area contributed by atoms with E-state index in [1.165, 1.54) is 0 Å². The van der Waals surface area contributed by atoms with Crippen molar-refractivity contribution >= 4 is 32.8 Å². The van der Waals surface area contributed by atoms with Crippen molar-refractivity contribution in [3.8, 4) is 11.5 Å². The Morgan fingerprint density at radius 2 is 2.00 bits per heavy atom. The Bertz CT molecular complexity index is 734. The number of aromatic nitrogens is 4. The quantitative estimate of drug-likeness (QED) is 0.724. The van der Waals surface area contributed by atoms with Crippen molar-refractivity contribution < 1.29 is 0 Å². The van der Waals surface area contributed by atoms with Crippen LogP contribution in [0.2, 0.25) is 0 Å². The third-order valence-corrected chi connectivity index (χ3v) is 3.15. The number of nitrogens with two attached hydrogens (primary N) is 1. The summed E-state index contributed by atoms with van der Waals surface area (Å²) < 4.78 is 1.01. The van der Waals surface area contributed by atoms with E-state index in [2.05, 4.69) is 35.9 Å². The Morgan fingerprint density at radius 3 is 2.78 bits per heavy atom. The molecule has 1 aromatic carbocycles. The molecule has 0 aliphatic carbocycles. The number of rotatable bonds is 1. The number of H-pyrrole nitrogens is 1. The fourth-order valence-electron chi connectivity index (χ4n) is 1.89. The third kappa shape index (κ3) is 1.74. The lowest BCUT2D eigenvalue weighted by molar-refractivity contribution is 1.17. The second-order valence-corrected chi connectivity index (χ2v) is 4.91. The molecular weight excluding hydrogens is 294 g/mol. The van der Waals surface area contributed by atoms with Crippen LogP contribution in [0.3, 0.4) is 0 Å². The van der Waals surface area contributed by atoms with E-state index in [0.29, 0.717) is 17.3 Å². The molecule has 0 aliphatic rings. The van der Waals surface area contributed by atoms with Gasteiger partial charge in [0.1, 0.15) is 5.69 Å². The number of hydrogen-bond donors (Lipinski definition) is 2. The number of halogens is 1. The maximum Gasteiger partial charge on any atom is 0.161 e. The molecule has 0 bridgehead atoms. The van der Waals surface area contributed by atoms with E-state index < -0.39 is 0 Å². The molecule has 0 radical (unpaired) electrons. The standard InChI is InChI=1S/C12H10BrN5/c1-6-4-7(13)5-8-9(6)18-12(17-8)10-11(14)16-3-2-15-10/h2-5H,1H3,(H2,14,16)(H,17,18). The van der Waals surface area contributed by atoms with Crippen molar-refractivity contribution in [2.75, 3.05) is 5.73 Å². The number of fused-ring (bicyclic) bond motifs is 1. The lowest BCUT2D eigenvalue weighted by atomic mass is 10.2. The largest absolute Gasteiger partial charge is 0.382 e. The Hall–Kier alpha value is -1.95. The van der Waals surface area contributed by atoms with Crippen molar-refractivity contribution in [1.82, 2.24) is 19.9 Å². The highest BCUT2D eigenvalue weighted by Crippen LogP contribution is 2.26. The number of nitrogens with one attached hydrogen (secondary N) is 1. The molecule has 2 aromatic heterocycles. The molecule has 0 fully saturated rings. The smallest absolute Gasteiger partial charge is 0.161 e. The average Bonchev–Trinajstić information content (AvgIpc) is 2.73. The molecule has 3 rings (SSSR count). The number of nitrogens with zero attached hydrogens (tertiary/aromatic N) is 3. The average molecular weight is 304 g/mol. The highest BCUT2D eigenvalue weighted by molar-refractivity contribution is 9.10. The molecule has 0 aliphatic heterocycles. The molecule has 0 atom stereocenters. The van der Waals surface area contributed by atoms with Gasteiger partial charge in [0, 0.05) is 16.9 Å². The van der Waals surface area contributed by atoms with Gasteiger partial charge in [-0.15, -0.1) is 0 Å². The number of hydrogen-bond acceptors (Lipinski definition) is 4. The van der Waals surface area contributed by atoms with Crippen molar-refractivity contribution in [1.29, 1.82) is 0 Å². The van der Waals surface area contributed by atoms with E-state index >= 15 is 0 Å². The zero-order valence-corrected chi connectivity index (χ0v) is 11.2. The van der Waals surface area contributed by atoms with Crippen LogP contribution in [0, 0.1) is 6.92 Å². The first-order valence-electron chi connectivity index (χ1n) is 5.38. The predicted molar refractivity (Wildman–Crippen MR) is 74.0 cm³/mol. The van der Waals surface area contributed by atoms with E-state index in [9.17, 15) is 0 Å². The van der Waals surface area contributed by atoms with Crippen LogP contribution in [0.5, 0.6) is 0 Å². The van der Waals surface area contributed by atoms with Gasteiger partial charge in [-0.25, -0.2) is 15.0 Å². The molecule has 0 saturated heterocycles. The summed E-state index contributed by atoms with van der Waals surface area (Å²) in [6, 6.07) is 4.00. The minimum atomic E-state index is 0.369. The van der Waals surface area contributed by atoms with Gasteiger partial charge in [-0.2, -0.15) is 0 Å². The molecule has 90 valence electrons. The van der Waals surface area contributed by atoms with Gasteiger partial charge >= 0.3 is 0 Å². The van der Waals surface area contributed by atoms with E-state index in [1.807, 2.05) is 19.1 Å². The van der Waals surface area contributed by atoms with Crippen LogP contribution >= 0.6 is 15.9 Å². The zero-order valence-electron chi connectivity index (χ0n) is 9.61. The van der Waals surface area contributed by atoms with E-state index in [0.717, 1.165) is 21.1 Å². The van der Waals surface area contributed by atoms with Crippen molar-refractivity contribution in [3.05, 3.63) is 34.6 Å². The maximum atomic E-state index is 5.80. The van der Waals surface area contributed by atoms with E-state index in [1.54, 1.807) is 12.4 Å². The summed E-state index contributed by atoms with van der Waals surface area (Å²) in [6.07, 6.45) is 3.16. The third-order valence-electron chi connectivity index (χ3n) is 2.69. The Labute approximate surface area is 112 Å². The first kappa shape index (κ1) is 11.2. The molecule has 3 aromatic rings. The Balaban J connectivity index is 2.26. The number of anilines is 1. The van der Waals surface area contributed by atoms with Crippen LogP contribution in [-0.2, 0) is 0 Å². The lowest BCUT2D eigenvalue weighted by Crippen LogP contribution is -1.96. The number of nitrogen functional groups attached to an aromatic ring is 1. The Morgan fingerprint density at radius 1 is 1.22 bits per heavy atom. The van der Waals surface area contributed by atoms with Gasteiger partial charge in [0.15, 0.2) is 11.6 Å². The molecule has 0 saturated carbocycles. The fraction of sp³-hybridized carbons (Fsp3) is 0.0833. The van der Waals surface area contributed by atoms with Crippen LogP contribution in [0.1, 0.15) is 5.56 Å². The van der Waals surface area contributed by atoms with Crippen molar-refractivity contribution in [2.24, 2.45) is 0 Å².